The fraction of sp³-hybridized carbons (Fsp3) is 0.750. The number of carbonyl (C=O) groups excluding carboxylic acids is 1. The molecule has 0 amide bonds. The molecule has 66 valence electrons. The highest BCUT2D eigenvalue weighted by Gasteiger charge is 2.27. The summed E-state index contributed by atoms with van der Waals surface area (Å²) in [5.74, 6) is -2.20. The van der Waals surface area contributed by atoms with Gasteiger partial charge in [-0.15, -0.1) is 0 Å². The second-order valence-corrected chi connectivity index (χ2v) is 3.78. The summed E-state index contributed by atoms with van der Waals surface area (Å²) in [6.45, 7) is 0. The Hall–Kier alpha value is -0.420. The van der Waals surface area contributed by atoms with Gasteiger partial charge in [0, 0.05) is 0 Å². The molecule has 11 heavy (non-hydrogen) atoms. The number of hydrogen-bond acceptors (Lipinski definition) is 4. The van der Waals surface area contributed by atoms with Crippen molar-refractivity contribution in [2.24, 2.45) is 5.73 Å². The Morgan fingerprint density at radius 1 is 1.73 bits per heavy atom. The lowest BCUT2D eigenvalue weighted by molar-refractivity contribution is -0.140. The van der Waals surface area contributed by atoms with Gasteiger partial charge in [-0.3, -0.25) is 9.36 Å². The van der Waals surface area contributed by atoms with Gasteiger partial charge in [-0.05, 0) is 0 Å². The lowest BCUT2D eigenvalue weighted by Gasteiger charge is -2.10. The van der Waals surface area contributed by atoms with Crippen molar-refractivity contribution < 1.29 is 23.9 Å². The third-order valence-corrected chi connectivity index (χ3v) is 2.08. The van der Waals surface area contributed by atoms with Crippen molar-refractivity contribution in [2.45, 2.75) is 12.2 Å². The summed E-state index contributed by atoms with van der Waals surface area (Å²) in [5, 5.41) is 0. The second-order valence-electron chi connectivity index (χ2n) is 1.94. The zero-order valence-electron chi connectivity index (χ0n) is 5.93. The van der Waals surface area contributed by atoms with Crippen molar-refractivity contribution in [3.05, 3.63) is 0 Å². The van der Waals surface area contributed by atoms with Crippen molar-refractivity contribution >= 4 is 13.6 Å². The summed E-state index contributed by atoms with van der Waals surface area (Å²) in [6.07, 6.45) is -0.471. The van der Waals surface area contributed by atoms with E-state index in [4.69, 9.17) is 15.5 Å². The van der Waals surface area contributed by atoms with E-state index < -0.39 is 25.8 Å². The molecule has 0 heterocycles. The Kier molecular flexibility index (Phi) is 3.68. The molecule has 0 spiro atoms. The van der Waals surface area contributed by atoms with Crippen molar-refractivity contribution in [3.8, 4) is 0 Å². The predicted molar refractivity (Wildman–Crippen MR) is 36.7 cm³/mol. The molecule has 0 aliphatic carbocycles. The molecule has 0 fully saturated rings. The number of methoxy groups -OCH3 is 1. The third kappa shape index (κ3) is 4.10. The molecule has 4 N–H and O–H groups in total. The van der Waals surface area contributed by atoms with Gasteiger partial charge in [0.05, 0.1) is 13.5 Å². The van der Waals surface area contributed by atoms with Crippen LogP contribution in [0.15, 0.2) is 0 Å². The first-order valence-electron chi connectivity index (χ1n) is 2.75. The fourth-order valence-electron chi connectivity index (χ4n) is 0.373. The minimum Gasteiger partial charge on any atom is -0.469 e. The van der Waals surface area contributed by atoms with Gasteiger partial charge < -0.3 is 20.3 Å². The maximum Gasteiger partial charge on any atom is 0.342 e. The normalized spacial score (nSPS) is 14.2. The molecule has 0 bridgehead atoms. The van der Waals surface area contributed by atoms with E-state index in [1.807, 2.05) is 0 Å². The second kappa shape index (κ2) is 3.82. The SMILES string of the molecule is COC(=O)C[C@H](N)P(=O)(O)O. The van der Waals surface area contributed by atoms with E-state index in [1.54, 1.807) is 0 Å². The third-order valence-electron chi connectivity index (χ3n) is 1.04. The molecule has 0 aromatic heterocycles. The van der Waals surface area contributed by atoms with Gasteiger partial charge in [0.25, 0.3) is 0 Å². The van der Waals surface area contributed by atoms with Crippen LogP contribution >= 0.6 is 7.60 Å². The van der Waals surface area contributed by atoms with Gasteiger partial charge in [0.1, 0.15) is 5.78 Å². The largest absolute Gasteiger partial charge is 0.469 e. The topological polar surface area (TPSA) is 110 Å². The highest BCUT2D eigenvalue weighted by Crippen LogP contribution is 2.39. The van der Waals surface area contributed by atoms with Crippen LogP contribution in [0.3, 0.4) is 0 Å². The zero-order chi connectivity index (χ0) is 9.07. The van der Waals surface area contributed by atoms with Crippen molar-refractivity contribution in [3.63, 3.8) is 0 Å². The minimum absolute atomic E-state index is 0.471. The molecule has 0 saturated heterocycles. The lowest BCUT2D eigenvalue weighted by Crippen LogP contribution is -2.24. The number of ether oxygens (including phenoxy) is 1. The highest BCUT2D eigenvalue weighted by atomic mass is 31.2. The Bertz CT molecular complexity index is 187. The van der Waals surface area contributed by atoms with E-state index in [0.29, 0.717) is 0 Å². The van der Waals surface area contributed by atoms with Crippen molar-refractivity contribution in [2.75, 3.05) is 7.11 Å². The summed E-state index contributed by atoms with van der Waals surface area (Å²) < 4.78 is 14.5. The van der Waals surface area contributed by atoms with Crippen molar-refractivity contribution in [1.29, 1.82) is 0 Å². The van der Waals surface area contributed by atoms with Crippen LogP contribution in [0.2, 0.25) is 0 Å². The summed E-state index contributed by atoms with van der Waals surface area (Å²) >= 11 is 0. The molecule has 0 aliphatic heterocycles. The van der Waals surface area contributed by atoms with E-state index in [2.05, 4.69) is 4.74 Å². The van der Waals surface area contributed by atoms with Gasteiger partial charge >= 0.3 is 13.6 Å². The molecule has 0 aromatic carbocycles. The number of hydrogen-bond donors (Lipinski definition) is 3. The molecule has 1 atom stereocenters. The monoisotopic (exact) mass is 183 g/mol. The Morgan fingerprint density at radius 3 is 2.45 bits per heavy atom. The van der Waals surface area contributed by atoms with E-state index in [-0.39, 0.29) is 0 Å². The van der Waals surface area contributed by atoms with Crippen LogP contribution in [-0.4, -0.2) is 28.6 Å². The molecule has 0 radical (unpaired) electrons. The number of nitrogens with two attached hydrogens (primary N) is 1. The van der Waals surface area contributed by atoms with Gasteiger partial charge in [0.15, 0.2) is 0 Å². The number of esters is 1. The molecule has 0 unspecified atom stereocenters. The van der Waals surface area contributed by atoms with Crippen LogP contribution in [-0.2, 0) is 14.1 Å². The van der Waals surface area contributed by atoms with Crippen LogP contribution in [0, 0.1) is 0 Å². The fourth-order valence-corrected chi connectivity index (χ4v) is 0.760. The van der Waals surface area contributed by atoms with Gasteiger partial charge in [-0.2, -0.15) is 0 Å². The maximum absolute atomic E-state index is 10.4. The first-order chi connectivity index (χ1) is 4.88. The predicted octanol–water partition coefficient (Wildman–Crippen LogP) is -0.988. The van der Waals surface area contributed by atoms with E-state index >= 15 is 0 Å². The van der Waals surface area contributed by atoms with Crippen LogP contribution in [0.1, 0.15) is 6.42 Å². The van der Waals surface area contributed by atoms with E-state index in [9.17, 15) is 9.36 Å². The molecule has 7 heteroatoms. The first-order valence-corrected chi connectivity index (χ1v) is 4.43. The highest BCUT2D eigenvalue weighted by molar-refractivity contribution is 7.52. The molecule has 0 aliphatic rings. The smallest absolute Gasteiger partial charge is 0.342 e. The average Bonchev–Trinajstić information content (AvgIpc) is 1.85. The Balaban J connectivity index is 3.98. The van der Waals surface area contributed by atoms with Crippen LogP contribution in [0.25, 0.3) is 0 Å². The van der Waals surface area contributed by atoms with Crippen LogP contribution in [0.4, 0.5) is 0 Å². The molecule has 0 rings (SSSR count). The van der Waals surface area contributed by atoms with Gasteiger partial charge in [0.2, 0.25) is 0 Å². The van der Waals surface area contributed by atoms with Gasteiger partial charge in [-0.25, -0.2) is 0 Å². The standard InChI is InChI=1S/C4H10NO5P/c1-10-4(6)2-3(5)11(7,8)9/h3H,2,5H2,1H3,(H2,7,8,9)/t3-/m1/s1. The molecular formula is C4H10NO5P. The molecular weight excluding hydrogens is 173 g/mol. The number of carbonyl (C=O) groups is 1. The molecule has 6 nitrogen and oxygen atoms in total. The first kappa shape index (κ1) is 10.6. The van der Waals surface area contributed by atoms with E-state index in [1.165, 1.54) is 0 Å². The minimum atomic E-state index is -4.35. The summed E-state index contributed by atoms with van der Waals surface area (Å²) in [7, 11) is -3.23. The number of rotatable bonds is 3. The van der Waals surface area contributed by atoms with E-state index in [0.717, 1.165) is 7.11 Å². The summed E-state index contributed by atoms with van der Waals surface area (Å²) in [4.78, 5) is 27.2. The van der Waals surface area contributed by atoms with Crippen molar-refractivity contribution in [1.82, 2.24) is 0 Å². The quantitative estimate of drug-likeness (QED) is 0.383. The van der Waals surface area contributed by atoms with Crippen LogP contribution in [0.5, 0.6) is 0 Å². The molecule has 0 saturated carbocycles. The Labute approximate surface area is 63.5 Å². The average molecular weight is 183 g/mol. The maximum atomic E-state index is 10.4. The molecule has 0 aromatic rings. The summed E-state index contributed by atoms with van der Waals surface area (Å²) in [5.41, 5.74) is 4.96. The van der Waals surface area contributed by atoms with Crippen LogP contribution < -0.4 is 5.73 Å². The lowest BCUT2D eigenvalue weighted by atomic mass is 10.4. The summed E-state index contributed by atoms with van der Waals surface area (Å²) in [6, 6.07) is 0. The Morgan fingerprint density at radius 2 is 2.18 bits per heavy atom. The zero-order valence-corrected chi connectivity index (χ0v) is 6.82. The van der Waals surface area contributed by atoms with Gasteiger partial charge in [-0.1, -0.05) is 0 Å².